The van der Waals surface area contributed by atoms with E-state index in [4.69, 9.17) is 4.74 Å². The van der Waals surface area contributed by atoms with Gasteiger partial charge in [0.05, 0.1) is 6.10 Å². The van der Waals surface area contributed by atoms with Crippen LogP contribution in [0.1, 0.15) is 6.92 Å². The normalized spacial score (nSPS) is 37.8. The summed E-state index contributed by atoms with van der Waals surface area (Å²) in [7, 11) is 0. The van der Waals surface area contributed by atoms with E-state index < -0.39 is 30.6 Å². The van der Waals surface area contributed by atoms with Gasteiger partial charge in [-0.15, -0.1) is 0 Å². The van der Waals surface area contributed by atoms with Crippen LogP contribution in [0.3, 0.4) is 0 Å². The molecule has 0 unspecified atom stereocenters. The Bertz CT molecular complexity index is 359. The van der Waals surface area contributed by atoms with Crippen LogP contribution < -0.4 is 5.32 Å². The first kappa shape index (κ1) is 12.3. The van der Waals surface area contributed by atoms with E-state index in [1.165, 1.54) is 0 Å². The number of aliphatic hydroxyl groups is 3. The van der Waals surface area contributed by atoms with Crippen molar-refractivity contribution < 1.29 is 20.1 Å². The first-order chi connectivity index (χ1) is 8.09. The third-order valence-electron chi connectivity index (χ3n) is 2.93. The minimum Gasteiger partial charge on any atom is -0.388 e. The van der Waals surface area contributed by atoms with E-state index in [2.05, 4.69) is 5.32 Å². The summed E-state index contributed by atoms with van der Waals surface area (Å²) < 4.78 is 5.41. The average molecular weight is 239 g/mol. The first-order valence-corrected chi connectivity index (χ1v) is 5.61. The lowest BCUT2D eigenvalue weighted by atomic mass is 9.99. The number of aliphatic hydroxyl groups excluding tert-OH is 3. The fraction of sp³-hybridized carbons (Fsp3) is 0.500. The van der Waals surface area contributed by atoms with Crippen LogP contribution in [0, 0.1) is 0 Å². The minimum atomic E-state index is -1.21. The number of hydrogen-bond donors (Lipinski definition) is 4. The molecule has 1 saturated heterocycles. The zero-order chi connectivity index (χ0) is 12.4. The molecule has 0 aliphatic carbocycles. The van der Waals surface area contributed by atoms with Crippen molar-refractivity contribution in [2.75, 3.05) is 5.32 Å². The van der Waals surface area contributed by atoms with Crippen LogP contribution in [0.25, 0.3) is 0 Å². The molecule has 0 spiro atoms. The van der Waals surface area contributed by atoms with Gasteiger partial charge in [0.1, 0.15) is 18.3 Å². The molecule has 5 nitrogen and oxygen atoms in total. The Labute approximate surface area is 99.7 Å². The molecule has 4 N–H and O–H groups in total. The molecule has 94 valence electrons. The topological polar surface area (TPSA) is 82.0 Å². The van der Waals surface area contributed by atoms with Crippen LogP contribution in [0.15, 0.2) is 30.3 Å². The Kier molecular flexibility index (Phi) is 3.63. The molecular weight excluding hydrogens is 222 g/mol. The number of hydrogen-bond acceptors (Lipinski definition) is 5. The smallest absolute Gasteiger partial charge is 0.157 e. The Morgan fingerprint density at radius 1 is 1.00 bits per heavy atom. The van der Waals surface area contributed by atoms with Crippen LogP contribution in [0.2, 0.25) is 0 Å². The molecule has 17 heavy (non-hydrogen) atoms. The van der Waals surface area contributed by atoms with E-state index in [1.807, 2.05) is 30.3 Å². The van der Waals surface area contributed by atoms with Crippen LogP contribution in [-0.2, 0) is 4.74 Å². The van der Waals surface area contributed by atoms with Gasteiger partial charge in [-0.3, -0.25) is 0 Å². The highest BCUT2D eigenvalue weighted by atomic mass is 16.5. The second-order valence-electron chi connectivity index (χ2n) is 4.24. The summed E-state index contributed by atoms with van der Waals surface area (Å²) in [5.41, 5.74) is 0.785. The molecule has 2 rings (SSSR count). The lowest BCUT2D eigenvalue weighted by molar-refractivity contribution is -0.209. The molecule has 0 radical (unpaired) electrons. The van der Waals surface area contributed by atoms with Crippen molar-refractivity contribution in [3.05, 3.63) is 30.3 Å². The van der Waals surface area contributed by atoms with E-state index in [1.54, 1.807) is 6.92 Å². The monoisotopic (exact) mass is 239 g/mol. The third kappa shape index (κ3) is 2.58. The zero-order valence-corrected chi connectivity index (χ0v) is 9.52. The van der Waals surface area contributed by atoms with E-state index in [9.17, 15) is 15.3 Å². The summed E-state index contributed by atoms with van der Waals surface area (Å²) >= 11 is 0. The van der Waals surface area contributed by atoms with Gasteiger partial charge in [-0.1, -0.05) is 18.2 Å². The van der Waals surface area contributed by atoms with Crippen molar-refractivity contribution in [3.63, 3.8) is 0 Å². The molecule has 1 fully saturated rings. The molecule has 0 aromatic heterocycles. The van der Waals surface area contributed by atoms with Crippen LogP contribution in [0.5, 0.6) is 0 Å². The highest BCUT2D eigenvalue weighted by molar-refractivity contribution is 5.43. The minimum absolute atomic E-state index is 0.533. The zero-order valence-electron chi connectivity index (χ0n) is 9.52. The number of ether oxygens (including phenoxy) is 1. The predicted octanol–water partition coefficient (Wildman–Crippen LogP) is -0.0740. The number of anilines is 1. The second kappa shape index (κ2) is 5.01. The summed E-state index contributed by atoms with van der Waals surface area (Å²) in [6, 6.07) is 9.25. The summed E-state index contributed by atoms with van der Waals surface area (Å²) in [5.74, 6) is 0. The maximum Gasteiger partial charge on any atom is 0.157 e. The van der Waals surface area contributed by atoms with Crippen molar-refractivity contribution in [2.45, 2.75) is 37.6 Å². The van der Waals surface area contributed by atoms with E-state index in [0.717, 1.165) is 5.69 Å². The van der Waals surface area contributed by atoms with Gasteiger partial charge in [-0.05, 0) is 19.1 Å². The lowest BCUT2D eigenvalue weighted by Gasteiger charge is -2.39. The van der Waals surface area contributed by atoms with Gasteiger partial charge in [0.25, 0.3) is 0 Å². The van der Waals surface area contributed by atoms with Crippen molar-refractivity contribution in [1.82, 2.24) is 0 Å². The molecule has 1 aliphatic heterocycles. The largest absolute Gasteiger partial charge is 0.388 e. The average Bonchev–Trinajstić information content (AvgIpc) is 2.35. The van der Waals surface area contributed by atoms with E-state index >= 15 is 0 Å². The fourth-order valence-electron chi connectivity index (χ4n) is 1.87. The maximum absolute atomic E-state index is 9.79. The molecule has 1 aliphatic rings. The van der Waals surface area contributed by atoms with Crippen LogP contribution in [0.4, 0.5) is 5.69 Å². The van der Waals surface area contributed by atoms with Crippen molar-refractivity contribution in [1.29, 1.82) is 0 Å². The van der Waals surface area contributed by atoms with Crippen LogP contribution >= 0.6 is 0 Å². The van der Waals surface area contributed by atoms with Gasteiger partial charge in [0, 0.05) is 5.69 Å². The van der Waals surface area contributed by atoms with Crippen molar-refractivity contribution in [2.24, 2.45) is 0 Å². The van der Waals surface area contributed by atoms with Gasteiger partial charge in [0.2, 0.25) is 0 Å². The van der Waals surface area contributed by atoms with Gasteiger partial charge >= 0.3 is 0 Å². The Hall–Kier alpha value is -1.14. The van der Waals surface area contributed by atoms with Gasteiger partial charge in [-0.25, -0.2) is 0 Å². The molecule has 0 bridgehead atoms. The molecule has 5 heteroatoms. The molecule has 1 aromatic rings. The highest BCUT2D eigenvalue weighted by Crippen LogP contribution is 2.22. The Morgan fingerprint density at radius 3 is 2.29 bits per heavy atom. The van der Waals surface area contributed by atoms with Crippen LogP contribution in [-0.4, -0.2) is 46.0 Å². The molecular formula is C12H17NO4. The summed E-state index contributed by atoms with van der Waals surface area (Å²) in [6.07, 6.45) is -4.71. The first-order valence-electron chi connectivity index (χ1n) is 5.61. The van der Waals surface area contributed by atoms with Gasteiger partial charge in [-0.2, -0.15) is 0 Å². The van der Waals surface area contributed by atoms with E-state index in [-0.39, 0.29) is 0 Å². The number of rotatable bonds is 2. The number of para-hydroxylation sites is 1. The van der Waals surface area contributed by atoms with E-state index in [0.29, 0.717) is 0 Å². The maximum atomic E-state index is 9.79. The molecule has 0 amide bonds. The number of nitrogens with one attached hydrogen (secondary N) is 1. The number of benzene rings is 1. The molecule has 1 heterocycles. The summed E-state index contributed by atoms with van der Waals surface area (Å²) in [5, 5.41) is 31.9. The lowest BCUT2D eigenvalue weighted by Crippen LogP contribution is -2.58. The third-order valence-corrected chi connectivity index (χ3v) is 2.93. The standard InChI is InChI=1S/C12H17NO4/c1-7-9(14)10(15)11(16)12(17-7)13-8-5-3-2-4-6-8/h2-7,9-16H,1H3/t7-,9+,10-,11-,12+/m0/s1. The van der Waals surface area contributed by atoms with Gasteiger partial charge < -0.3 is 25.4 Å². The highest BCUT2D eigenvalue weighted by Gasteiger charge is 2.41. The molecule has 0 saturated carbocycles. The quantitative estimate of drug-likeness (QED) is 0.580. The van der Waals surface area contributed by atoms with Crippen molar-refractivity contribution in [3.8, 4) is 0 Å². The second-order valence-corrected chi connectivity index (χ2v) is 4.24. The summed E-state index contributed by atoms with van der Waals surface area (Å²) in [4.78, 5) is 0. The van der Waals surface area contributed by atoms with Crippen molar-refractivity contribution >= 4 is 5.69 Å². The predicted molar refractivity (Wildman–Crippen MR) is 62.4 cm³/mol. The Balaban J connectivity index is 2.06. The molecule has 1 aromatic carbocycles. The SMILES string of the molecule is C[C@@H]1O[C@@H](Nc2ccccc2)[C@@H](O)[C@@H](O)[C@@H]1O. The van der Waals surface area contributed by atoms with Gasteiger partial charge in [0.15, 0.2) is 6.23 Å². The summed E-state index contributed by atoms with van der Waals surface area (Å²) in [6.45, 7) is 1.65. The fourth-order valence-corrected chi connectivity index (χ4v) is 1.87. The molecule has 5 atom stereocenters. The Morgan fingerprint density at radius 2 is 1.65 bits per heavy atom.